The first-order valence-corrected chi connectivity index (χ1v) is 6.16. The van der Waals surface area contributed by atoms with E-state index in [1.54, 1.807) is 0 Å². The standard InChI is InChI=1S/C14H22N2O2/c1-14(2,11-17)10-15-9-13(18)16-8-12-6-4-3-5-7-12/h3-7,15,17H,8-11H2,1-2H3,(H,16,18). The fraction of sp³-hybridized carbons (Fsp3) is 0.500. The molecule has 3 N–H and O–H groups in total. The number of nitrogens with one attached hydrogen (secondary N) is 2. The number of benzene rings is 1. The number of amides is 1. The van der Waals surface area contributed by atoms with Gasteiger partial charge < -0.3 is 15.7 Å². The van der Waals surface area contributed by atoms with E-state index in [2.05, 4.69) is 10.6 Å². The van der Waals surface area contributed by atoms with Crippen LogP contribution in [0.1, 0.15) is 19.4 Å². The highest BCUT2D eigenvalue weighted by Crippen LogP contribution is 2.10. The minimum Gasteiger partial charge on any atom is -0.396 e. The predicted molar refractivity (Wildman–Crippen MR) is 72.0 cm³/mol. The Bertz CT molecular complexity index is 363. The maximum atomic E-state index is 11.6. The molecule has 0 unspecified atom stereocenters. The third-order valence-electron chi connectivity index (χ3n) is 2.65. The lowest BCUT2D eigenvalue weighted by Crippen LogP contribution is -2.39. The van der Waals surface area contributed by atoms with E-state index in [1.807, 2.05) is 44.2 Å². The van der Waals surface area contributed by atoms with Gasteiger partial charge in [-0.25, -0.2) is 0 Å². The molecule has 0 aliphatic carbocycles. The Kier molecular flexibility index (Phi) is 5.82. The van der Waals surface area contributed by atoms with Crippen LogP contribution in [0.2, 0.25) is 0 Å². The molecule has 0 radical (unpaired) electrons. The van der Waals surface area contributed by atoms with Crippen molar-refractivity contribution in [2.75, 3.05) is 19.7 Å². The van der Waals surface area contributed by atoms with E-state index >= 15 is 0 Å². The third kappa shape index (κ3) is 5.80. The molecule has 18 heavy (non-hydrogen) atoms. The summed E-state index contributed by atoms with van der Waals surface area (Å²) >= 11 is 0. The van der Waals surface area contributed by atoms with Crippen molar-refractivity contribution < 1.29 is 9.90 Å². The van der Waals surface area contributed by atoms with Crippen LogP contribution >= 0.6 is 0 Å². The van der Waals surface area contributed by atoms with E-state index in [0.717, 1.165) is 5.56 Å². The van der Waals surface area contributed by atoms with Crippen LogP contribution in [0.3, 0.4) is 0 Å². The molecule has 1 rings (SSSR count). The summed E-state index contributed by atoms with van der Waals surface area (Å²) in [6.07, 6.45) is 0. The van der Waals surface area contributed by atoms with E-state index in [4.69, 9.17) is 5.11 Å². The fourth-order valence-electron chi connectivity index (χ4n) is 1.43. The molecule has 0 aliphatic heterocycles. The summed E-state index contributed by atoms with van der Waals surface area (Å²) in [4.78, 5) is 11.6. The normalized spacial score (nSPS) is 11.3. The lowest BCUT2D eigenvalue weighted by Gasteiger charge is -2.21. The molecule has 100 valence electrons. The van der Waals surface area contributed by atoms with Crippen LogP contribution in [-0.2, 0) is 11.3 Å². The smallest absolute Gasteiger partial charge is 0.234 e. The molecular weight excluding hydrogens is 228 g/mol. The summed E-state index contributed by atoms with van der Waals surface area (Å²) in [5, 5.41) is 15.0. The molecule has 0 aromatic heterocycles. The van der Waals surface area contributed by atoms with Crippen LogP contribution in [0, 0.1) is 5.41 Å². The highest BCUT2D eigenvalue weighted by molar-refractivity contribution is 5.77. The van der Waals surface area contributed by atoms with Gasteiger partial charge in [0.2, 0.25) is 5.91 Å². The maximum Gasteiger partial charge on any atom is 0.234 e. The van der Waals surface area contributed by atoms with Crippen LogP contribution in [0.5, 0.6) is 0 Å². The second-order valence-corrected chi connectivity index (χ2v) is 5.19. The molecule has 1 aromatic carbocycles. The van der Waals surface area contributed by atoms with Crippen LogP contribution < -0.4 is 10.6 Å². The summed E-state index contributed by atoms with van der Waals surface area (Å²) in [5.41, 5.74) is 0.890. The second kappa shape index (κ2) is 7.13. The van der Waals surface area contributed by atoms with Crippen molar-refractivity contribution in [2.45, 2.75) is 20.4 Å². The zero-order valence-electron chi connectivity index (χ0n) is 11.1. The van der Waals surface area contributed by atoms with Crippen molar-refractivity contribution in [3.63, 3.8) is 0 Å². The summed E-state index contributed by atoms with van der Waals surface area (Å²) < 4.78 is 0. The molecule has 0 atom stereocenters. The van der Waals surface area contributed by atoms with Gasteiger partial charge in [0, 0.05) is 25.1 Å². The quantitative estimate of drug-likeness (QED) is 0.674. The Hall–Kier alpha value is -1.39. The number of aliphatic hydroxyl groups excluding tert-OH is 1. The number of carbonyl (C=O) groups excluding carboxylic acids is 1. The lowest BCUT2D eigenvalue weighted by molar-refractivity contribution is -0.120. The van der Waals surface area contributed by atoms with Gasteiger partial charge in [-0.15, -0.1) is 0 Å². The van der Waals surface area contributed by atoms with Gasteiger partial charge in [-0.3, -0.25) is 4.79 Å². The van der Waals surface area contributed by atoms with Gasteiger partial charge in [0.05, 0.1) is 6.54 Å². The van der Waals surface area contributed by atoms with Gasteiger partial charge in [-0.05, 0) is 5.56 Å². The van der Waals surface area contributed by atoms with Crippen molar-refractivity contribution >= 4 is 5.91 Å². The van der Waals surface area contributed by atoms with Gasteiger partial charge in [0.25, 0.3) is 0 Å². The Morgan fingerprint density at radius 1 is 1.28 bits per heavy atom. The Morgan fingerprint density at radius 2 is 1.94 bits per heavy atom. The second-order valence-electron chi connectivity index (χ2n) is 5.19. The van der Waals surface area contributed by atoms with Gasteiger partial charge in [0.1, 0.15) is 0 Å². The third-order valence-corrected chi connectivity index (χ3v) is 2.65. The topological polar surface area (TPSA) is 61.4 Å². The van der Waals surface area contributed by atoms with Crippen LogP contribution in [0.4, 0.5) is 0 Å². The van der Waals surface area contributed by atoms with Gasteiger partial charge >= 0.3 is 0 Å². The van der Waals surface area contributed by atoms with E-state index in [9.17, 15) is 4.79 Å². The number of hydrogen-bond donors (Lipinski definition) is 3. The van der Waals surface area contributed by atoms with Crippen molar-refractivity contribution in [1.82, 2.24) is 10.6 Å². The van der Waals surface area contributed by atoms with E-state index < -0.39 is 0 Å². The van der Waals surface area contributed by atoms with Crippen molar-refractivity contribution in [3.05, 3.63) is 35.9 Å². The number of carbonyl (C=O) groups is 1. The SMILES string of the molecule is CC(C)(CO)CNCC(=O)NCc1ccccc1. The van der Waals surface area contributed by atoms with Crippen molar-refractivity contribution in [1.29, 1.82) is 0 Å². The summed E-state index contributed by atoms with van der Waals surface area (Å²) in [5.74, 6) is -0.0346. The zero-order chi connectivity index (χ0) is 13.4. The van der Waals surface area contributed by atoms with Crippen LogP contribution in [0.25, 0.3) is 0 Å². The molecule has 4 heteroatoms. The van der Waals surface area contributed by atoms with Gasteiger partial charge in [-0.2, -0.15) is 0 Å². The molecule has 0 spiro atoms. The highest BCUT2D eigenvalue weighted by atomic mass is 16.3. The molecular formula is C14H22N2O2. The van der Waals surface area contributed by atoms with Gasteiger partial charge in [-0.1, -0.05) is 44.2 Å². The molecule has 0 saturated carbocycles. The lowest BCUT2D eigenvalue weighted by atomic mass is 9.95. The van der Waals surface area contributed by atoms with E-state index in [-0.39, 0.29) is 24.5 Å². The molecule has 1 aromatic rings. The summed E-state index contributed by atoms with van der Waals surface area (Å²) in [6.45, 7) is 5.43. The summed E-state index contributed by atoms with van der Waals surface area (Å²) in [6, 6.07) is 9.79. The molecule has 0 bridgehead atoms. The van der Waals surface area contributed by atoms with E-state index in [1.165, 1.54) is 0 Å². The number of aliphatic hydroxyl groups is 1. The molecule has 1 amide bonds. The van der Waals surface area contributed by atoms with Crippen LogP contribution in [0.15, 0.2) is 30.3 Å². The van der Waals surface area contributed by atoms with Gasteiger partial charge in [0.15, 0.2) is 0 Å². The Balaban J connectivity index is 2.19. The first-order chi connectivity index (χ1) is 8.53. The maximum absolute atomic E-state index is 11.6. The zero-order valence-corrected chi connectivity index (χ0v) is 11.1. The average molecular weight is 250 g/mol. The van der Waals surface area contributed by atoms with E-state index in [0.29, 0.717) is 13.1 Å². The predicted octanol–water partition coefficient (Wildman–Crippen LogP) is 0.911. The molecule has 0 aliphatic rings. The van der Waals surface area contributed by atoms with Crippen molar-refractivity contribution in [3.8, 4) is 0 Å². The molecule has 4 nitrogen and oxygen atoms in total. The minimum absolute atomic E-state index is 0.0346. The average Bonchev–Trinajstić information content (AvgIpc) is 2.37. The number of rotatable bonds is 7. The first kappa shape index (κ1) is 14.7. The largest absolute Gasteiger partial charge is 0.396 e. The molecule has 0 saturated heterocycles. The monoisotopic (exact) mass is 250 g/mol. The molecule has 0 heterocycles. The Labute approximate surface area is 108 Å². The Morgan fingerprint density at radius 3 is 2.56 bits per heavy atom. The number of hydrogen-bond acceptors (Lipinski definition) is 3. The molecule has 0 fully saturated rings. The minimum atomic E-state index is -0.195. The van der Waals surface area contributed by atoms with Crippen molar-refractivity contribution in [2.24, 2.45) is 5.41 Å². The highest BCUT2D eigenvalue weighted by Gasteiger charge is 2.15. The first-order valence-electron chi connectivity index (χ1n) is 6.16. The summed E-state index contributed by atoms with van der Waals surface area (Å²) in [7, 11) is 0. The van der Waals surface area contributed by atoms with Crippen LogP contribution in [-0.4, -0.2) is 30.7 Å². The fourth-order valence-corrected chi connectivity index (χ4v) is 1.43.